The molecular weight excluding hydrogens is 278 g/mol. The molecule has 0 fully saturated rings. The van der Waals surface area contributed by atoms with Gasteiger partial charge in [0.15, 0.2) is 5.11 Å². The Morgan fingerprint density at radius 3 is 2.62 bits per heavy atom. The summed E-state index contributed by atoms with van der Waals surface area (Å²) < 4.78 is 0. The van der Waals surface area contributed by atoms with Gasteiger partial charge in [0, 0.05) is 20.3 Å². The van der Waals surface area contributed by atoms with Crippen LogP contribution in [0.3, 0.4) is 0 Å². The Balaban J connectivity index is 0.00000225. The molecule has 0 aliphatic carbocycles. The molecule has 0 aliphatic heterocycles. The molecule has 0 bridgehead atoms. The summed E-state index contributed by atoms with van der Waals surface area (Å²) in [5.41, 5.74) is 4.43. The van der Waals surface area contributed by atoms with Gasteiger partial charge in [0.1, 0.15) is 0 Å². The van der Waals surface area contributed by atoms with E-state index in [0.29, 0.717) is 5.11 Å². The number of rotatable bonds is 2. The Labute approximate surface area is 114 Å². The molecule has 0 unspecified atom stereocenters. The maximum atomic E-state index is 5.03. The summed E-state index contributed by atoms with van der Waals surface area (Å²) in [5.74, 6) is 0. The van der Waals surface area contributed by atoms with E-state index in [9.17, 15) is 0 Å². The van der Waals surface area contributed by atoms with Gasteiger partial charge < -0.3 is 4.90 Å². The normalized spacial score (nSPS) is 10.3. The molecule has 0 aliphatic rings. The SMILES string of the molecule is CC(=NNC(=S)N(C)C)c1ccccn1.[Ga+3]. The van der Waals surface area contributed by atoms with E-state index in [1.54, 1.807) is 11.1 Å². The van der Waals surface area contributed by atoms with Crippen LogP contribution in [-0.4, -0.2) is 54.6 Å². The summed E-state index contributed by atoms with van der Waals surface area (Å²) in [6.07, 6.45) is 1.73. The Morgan fingerprint density at radius 1 is 1.44 bits per heavy atom. The standard InChI is InChI=1S/C10H14N4S.Ga/c1-8(9-6-4-5-7-11-9)12-13-10(15)14(2)3;/h4-7H,1-3H3,(H,13,15);/q;+3. The van der Waals surface area contributed by atoms with E-state index in [1.165, 1.54) is 0 Å². The molecule has 6 heteroatoms. The fourth-order valence-corrected chi connectivity index (χ4v) is 0.911. The van der Waals surface area contributed by atoms with E-state index < -0.39 is 0 Å². The molecule has 1 aromatic heterocycles. The van der Waals surface area contributed by atoms with Crippen LogP contribution in [0.4, 0.5) is 0 Å². The molecule has 0 spiro atoms. The van der Waals surface area contributed by atoms with E-state index >= 15 is 0 Å². The van der Waals surface area contributed by atoms with Crippen molar-refractivity contribution in [3.05, 3.63) is 30.1 Å². The molecule has 1 rings (SSSR count). The van der Waals surface area contributed by atoms with Gasteiger partial charge in [-0.3, -0.25) is 10.4 Å². The van der Waals surface area contributed by atoms with Crippen LogP contribution in [-0.2, 0) is 0 Å². The van der Waals surface area contributed by atoms with Gasteiger partial charge >= 0.3 is 19.8 Å². The van der Waals surface area contributed by atoms with Gasteiger partial charge in [-0.15, -0.1) is 0 Å². The van der Waals surface area contributed by atoms with E-state index in [1.807, 2.05) is 39.2 Å². The van der Waals surface area contributed by atoms with Crippen LogP contribution in [0.25, 0.3) is 0 Å². The van der Waals surface area contributed by atoms with E-state index in [0.717, 1.165) is 11.4 Å². The van der Waals surface area contributed by atoms with Crippen molar-refractivity contribution >= 4 is 42.8 Å². The van der Waals surface area contributed by atoms with Crippen LogP contribution in [0.2, 0.25) is 0 Å². The molecule has 0 amide bonds. The quantitative estimate of drug-likeness (QED) is 0.380. The van der Waals surface area contributed by atoms with Crippen LogP contribution in [0.1, 0.15) is 12.6 Å². The maximum Gasteiger partial charge on any atom is 3.00 e. The predicted molar refractivity (Wildman–Crippen MR) is 71.6 cm³/mol. The van der Waals surface area contributed by atoms with Crippen LogP contribution in [0.5, 0.6) is 0 Å². The van der Waals surface area contributed by atoms with Crippen LogP contribution >= 0.6 is 12.2 Å². The van der Waals surface area contributed by atoms with Gasteiger partial charge in [0.25, 0.3) is 0 Å². The minimum Gasteiger partial charge on any atom is -0.354 e. The van der Waals surface area contributed by atoms with Crippen molar-refractivity contribution in [1.29, 1.82) is 0 Å². The van der Waals surface area contributed by atoms with Crippen molar-refractivity contribution in [2.24, 2.45) is 5.10 Å². The molecular formula is C10H14GaN4S+3. The molecule has 16 heavy (non-hydrogen) atoms. The first kappa shape index (κ1) is 15.1. The van der Waals surface area contributed by atoms with Crippen molar-refractivity contribution in [2.75, 3.05) is 14.1 Å². The average molecular weight is 292 g/mol. The van der Waals surface area contributed by atoms with Gasteiger partial charge in [-0.05, 0) is 31.3 Å². The molecule has 0 radical (unpaired) electrons. The van der Waals surface area contributed by atoms with Crippen molar-refractivity contribution in [2.45, 2.75) is 6.92 Å². The fourth-order valence-electron chi connectivity index (χ4n) is 0.866. The van der Waals surface area contributed by atoms with Crippen LogP contribution in [0, 0.1) is 0 Å². The Morgan fingerprint density at radius 2 is 2.12 bits per heavy atom. The maximum absolute atomic E-state index is 5.03. The molecule has 0 saturated carbocycles. The van der Waals surface area contributed by atoms with Crippen molar-refractivity contribution < 1.29 is 0 Å². The summed E-state index contributed by atoms with van der Waals surface area (Å²) in [6, 6.07) is 5.69. The predicted octanol–water partition coefficient (Wildman–Crippen LogP) is 0.861. The number of thiocarbonyl (C=S) groups is 1. The summed E-state index contributed by atoms with van der Waals surface area (Å²) in [4.78, 5) is 5.96. The topological polar surface area (TPSA) is 40.5 Å². The second-order valence-electron chi connectivity index (χ2n) is 3.22. The molecule has 0 saturated heterocycles. The monoisotopic (exact) mass is 291 g/mol. The second kappa shape index (κ2) is 7.42. The first-order valence-corrected chi connectivity index (χ1v) is 4.95. The molecule has 1 aromatic rings. The number of pyridine rings is 1. The summed E-state index contributed by atoms with van der Waals surface area (Å²) in [5, 5.41) is 4.71. The number of hydrogen-bond donors (Lipinski definition) is 1. The first-order valence-electron chi connectivity index (χ1n) is 4.54. The molecule has 0 atom stereocenters. The van der Waals surface area contributed by atoms with Gasteiger partial charge in [-0.1, -0.05) is 6.07 Å². The van der Waals surface area contributed by atoms with Crippen LogP contribution < -0.4 is 5.43 Å². The van der Waals surface area contributed by atoms with Gasteiger partial charge in [-0.25, -0.2) is 0 Å². The van der Waals surface area contributed by atoms with E-state index in [4.69, 9.17) is 12.2 Å². The minimum absolute atomic E-state index is 0. The molecule has 1 N–H and O–H groups in total. The van der Waals surface area contributed by atoms with Crippen molar-refractivity contribution in [1.82, 2.24) is 15.3 Å². The van der Waals surface area contributed by atoms with Gasteiger partial charge in [0.05, 0.1) is 11.4 Å². The summed E-state index contributed by atoms with van der Waals surface area (Å²) in [6.45, 7) is 1.88. The smallest absolute Gasteiger partial charge is 0.354 e. The number of aromatic nitrogens is 1. The van der Waals surface area contributed by atoms with E-state index in [-0.39, 0.29) is 19.8 Å². The zero-order valence-corrected chi connectivity index (χ0v) is 12.9. The number of hydrazone groups is 1. The zero-order valence-electron chi connectivity index (χ0n) is 9.64. The largest absolute Gasteiger partial charge is 3.00 e. The number of nitrogens with one attached hydrogen (secondary N) is 1. The van der Waals surface area contributed by atoms with Crippen molar-refractivity contribution in [3.8, 4) is 0 Å². The zero-order chi connectivity index (χ0) is 11.3. The Hall–Kier alpha value is -0.854. The first-order chi connectivity index (χ1) is 7.11. The second-order valence-corrected chi connectivity index (χ2v) is 3.61. The molecule has 80 valence electrons. The number of hydrogen-bond acceptors (Lipinski definition) is 3. The summed E-state index contributed by atoms with van der Waals surface area (Å²) >= 11 is 5.03. The molecule has 0 aromatic carbocycles. The van der Waals surface area contributed by atoms with Crippen LogP contribution in [0.15, 0.2) is 29.5 Å². The fraction of sp³-hybridized carbons (Fsp3) is 0.300. The third kappa shape index (κ3) is 4.78. The third-order valence-corrected chi connectivity index (χ3v) is 2.22. The molecule has 1 heterocycles. The Bertz CT molecular complexity index is 364. The van der Waals surface area contributed by atoms with Gasteiger partial charge in [-0.2, -0.15) is 5.10 Å². The Kier molecular flexibility index (Phi) is 7.03. The third-order valence-electron chi connectivity index (χ3n) is 1.76. The summed E-state index contributed by atoms with van der Waals surface area (Å²) in [7, 11) is 3.72. The average Bonchev–Trinajstić information content (AvgIpc) is 2.26. The number of nitrogens with zero attached hydrogens (tertiary/aromatic N) is 3. The van der Waals surface area contributed by atoms with Gasteiger partial charge in [0.2, 0.25) is 0 Å². The molecule has 4 nitrogen and oxygen atoms in total. The van der Waals surface area contributed by atoms with Crippen molar-refractivity contribution in [3.63, 3.8) is 0 Å². The van der Waals surface area contributed by atoms with E-state index in [2.05, 4.69) is 15.5 Å². The minimum atomic E-state index is 0.